The Morgan fingerprint density at radius 3 is 2.56 bits per heavy atom. The van der Waals surface area contributed by atoms with Crippen molar-refractivity contribution in [3.8, 4) is 17.2 Å². The highest BCUT2D eigenvalue weighted by atomic mass is 32.2. The molecule has 2 aromatic carbocycles. The summed E-state index contributed by atoms with van der Waals surface area (Å²) in [6.45, 7) is 9.48. The molecule has 0 spiro atoms. The number of rotatable bonds is 14. The lowest BCUT2D eigenvalue weighted by Gasteiger charge is -2.14. The zero-order valence-corrected chi connectivity index (χ0v) is 22.7. The molecule has 3 rings (SSSR count). The number of carbonyl (C=O) groups is 1. The first-order valence-corrected chi connectivity index (χ1v) is 13.7. The number of nitrogens with one attached hydrogen (secondary N) is 1. The number of hydrogen-bond acceptors (Lipinski definition) is 9. The first-order chi connectivity index (χ1) is 17.5. The fraction of sp³-hybridized carbons (Fsp3) is 0.385. The van der Waals surface area contributed by atoms with E-state index in [0.29, 0.717) is 37.2 Å². The highest BCUT2D eigenvalue weighted by Gasteiger charge is 2.08. The van der Waals surface area contributed by atoms with E-state index < -0.39 is 0 Å². The van der Waals surface area contributed by atoms with Crippen molar-refractivity contribution in [1.29, 1.82) is 0 Å². The fourth-order valence-electron chi connectivity index (χ4n) is 3.11. The van der Waals surface area contributed by atoms with E-state index in [0.717, 1.165) is 27.1 Å². The molecular formula is C26H32N4O4S2. The summed E-state index contributed by atoms with van der Waals surface area (Å²) in [6, 6.07) is 13.7. The fourth-order valence-corrected chi connectivity index (χ4v) is 4.72. The first kappa shape index (κ1) is 27.5. The van der Waals surface area contributed by atoms with Crippen molar-refractivity contribution in [2.24, 2.45) is 5.10 Å². The van der Waals surface area contributed by atoms with Gasteiger partial charge >= 0.3 is 0 Å². The van der Waals surface area contributed by atoms with Crippen molar-refractivity contribution >= 4 is 35.2 Å². The number of benzene rings is 2. The van der Waals surface area contributed by atoms with Crippen LogP contribution >= 0.6 is 23.1 Å². The van der Waals surface area contributed by atoms with Gasteiger partial charge < -0.3 is 14.2 Å². The van der Waals surface area contributed by atoms with Crippen LogP contribution in [-0.4, -0.2) is 47.9 Å². The molecule has 0 saturated carbocycles. The van der Waals surface area contributed by atoms with Crippen LogP contribution < -0.4 is 19.6 Å². The molecule has 36 heavy (non-hydrogen) atoms. The predicted octanol–water partition coefficient (Wildman–Crippen LogP) is 5.46. The lowest BCUT2D eigenvalue weighted by atomic mass is 9.99. The van der Waals surface area contributed by atoms with Crippen LogP contribution in [0.1, 0.15) is 49.2 Å². The Labute approximate surface area is 220 Å². The molecule has 8 nitrogen and oxygen atoms in total. The van der Waals surface area contributed by atoms with Crippen LogP contribution in [0, 0.1) is 6.92 Å². The number of ether oxygens (including phenoxy) is 3. The van der Waals surface area contributed by atoms with E-state index in [4.69, 9.17) is 14.2 Å². The van der Waals surface area contributed by atoms with Crippen LogP contribution in [0.5, 0.6) is 17.2 Å². The van der Waals surface area contributed by atoms with Crippen molar-refractivity contribution in [2.45, 2.75) is 44.4 Å². The van der Waals surface area contributed by atoms with Crippen LogP contribution in [0.15, 0.2) is 51.9 Å². The van der Waals surface area contributed by atoms with Gasteiger partial charge in [-0.05, 0) is 67.6 Å². The number of amides is 1. The number of hydrogen-bond donors (Lipinski definition) is 1. The second kappa shape index (κ2) is 14.4. The average molecular weight is 529 g/mol. The van der Waals surface area contributed by atoms with E-state index in [2.05, 4.69) is 46.7 Å². The third kappa shape index (κ3) is 8.83. The minimum Gasteiger partial charge on any atom is -0.490 e. The van der Waals surface area contributed by atoms with Crippen LogP contribution in [0.3, 0.4) is 0 Å². The molecule has 10 heteroatoms. The van der Waals surface area contributed by atoms with Crippen LogP contribution in [-0.2, 0) is 4.79 Å². The SMILES string of the molecule is CCOc1cc(/C=N/NC(=O)CSc2nnc(C)s2)ccc1OCCOc1ccc(C(C)CC)cc1. The van der Waals surface area contributed by atoms with Gasteiger partial charge in [0.05, 0.1) is 18.6 Å². The summed E-state index contributed by atoms with van der Waals surface area (Å²) in [6.07, 6.45) is 2.68. The Balaban J connectivity index is 1.46. The van der Waals surface area contributed by atoms with Crippen molar-refractivity contribution in [2.75, 3.05) is 25.6 Å². The third-order valence-corrected chi connectivity index (χ3v) is 7.15. The van der Waals surface area contributed by atoms with Gasteiger partial charge in [0.25, 0.3) is 5.91 Å². The van der Waals surface area contributed by atoms with Crippen molar-refractivity contribution in [3.05, 3.63) is 58.6 Å². The Morgan fingerprint density at radius 1 is 1.08 bits per heavy atom. The van der Waals surface area contributed by atoms with Crippen molar-refractivity contribution in [1.82, 2.24) is 15.6 Å². The van der Waals surface area contributed by atoms with Gasteiger partial charge in [0.15, 0.2) is 15.8 Å². The maximum atomic E-state index is 12.0. The molecule has 0 saturated heterocycles. The second-order valence-corrected chi connectivity index (χ2v) is 10.3. The zero-order chi connectivity index (χ0) is 25.8. The molecule has 3 aromatic rings. The van der Waals surface area contributed by atoms with Gasteiger partial charge in [-0.25, -0.2) is 5.43 Å². The standard InChI is InChI=1S/C26H32N4O4S2/c1-5-18(3)21-8-10-22(11-9-21)33-13-14-34-23-12-7-20(15-24(23)32-6-2)16-27-29-25(31)17-35-26-30-28-19(4)36-26/h7-12,15-16,18H,5-6,13-14,17H2,1-4H3,(H,29,31)/b27-16+. The Kier molecular flexibility index (Phi) is 11.0. The molecule has 0 aliphatic rings. The highest BCUT2D eigenvalue weighted by Crippen LogP contribution is 2.28. The van der Waals surface area contributed by atoms with Crippen LogP contribution in [0.2, 0.25) is 0 Å². The molecule has 1 atom stereocenters. The van der Waals surface area contributed by atoms with Gasteiger partial charge in [0.1, 0.15) is 24.0 Å². The Hall–Kier alpha value is -3.11. The monoisotopic (exact) mass is 528 g/mol. The Morgan fingerprint density at radius 2 is 1.86 bits per heavy atom. The van der Waals surface area contributed by atoms with Crippen LogP contribution in [0.4, 0.5) is 0 Å². The molecule has 0 aliphatic heterocycles. The minimum absolute atomic E-state index is 0.215. The Bertz CT molecular complexity index is 1140. The van der Waals surface area contributed by atoms with E-state index >= 15 is 0 Å². The number of carbonyl (C=O) groups excluding carboxylic acids is 1. The minimum atomic E-state index is -0.219. The lowest BCUT2D eigenvalue weighted by molar-refractivity contribution is -0.118. The number of hydrazone groups is 1. The maximum absolute atomic E-state index is 12.0. The molecule has 1 aromatic heterocycles. The molecule has 192 valence electrons. The number of aryl methyl sites for hydroxylation is 1. The van der Waals surface area contributed by atoms with E-state index in [1.54, 1.807) is 6.21 Å². The topological polar surface area (TPSA) is 94.9 Å². The molecule has 1 N–H and O–H groups in total. The summed E-state index contributed by atoms with van der Waals surface area (Å²) >= 11 is 2.78. The predicted molar refractivity (Wildman–Crippen MR) is 145 cm³/mol. The highest BCUT2D eigenvalue weighted by molar-refractivity contribution is 8.01. The van der Waals surface area contributed by atoms with E-state index in [1.165, 1.54) is 28.7 Å². The van der Waals surface area contributed by atoms with Gasteiger partial charge in [-0.2, -0.15) is 5.10 Å². The number of aromatic nitrogens is 2. The largest absolute Gasteiger partial charge is 0.490 e. The molecule has 0 fully saturated rings. The van der Waals surface area contributed by atoms with E-state index in [1.807, 2.05) is 44.2 Å². The summed E-state index contributed by atoms with van der Waals surface area (Å²) < 4.78 is 18.2. The van der Waals surface area contributed by atoms with Gasteiger partial charge in [-0.3, -0.25) is 4.79 Å². The summed E-state index contributed by atoms with van der Waals surface area (Å²) in [7, 11) is 0. The van der Waals surface area contributed by atoms with E-state index in [-0.39, 0.29) is 11.7 Å². The average Bonchev–Trinajstić information content (AvgIpc) is 3.31. The third-order valence-electron chi connectivity index (χ3n) is 5.18. The second-order valence-electron chi connectivity index (χ2n) is 7.88. The molecule has 0 bridgehead atoms. The summed E-state index contributed by atoms with van der Waals surface area (Å²) in [5.41, 5.74) is 4.61. The summed E-state index contributed by atoms with van der Waals surface area (Å²) in [4.78, 5) is 12.0. The van der Waals surface area contributed by atoms with E-state index in [9.17, 15) is 4.79 Å². The number of thioether (sulfide) groups is 1. The maximum Gasteiger partial charge on any atom is 0.250 e. The smallest absolute Gasteiger partial charge is 0.250 e. The number of nitrogens with zero attached hydrogens (tertiary/aromatic N) is 3. The van der Waals surface area contributed by atoms with Gasteiger partial charge in [-0.1, -0.05) is 49.1 Å². The van der Waals surface area contributed by atoms with Crippen molar-refractivity contribution in [3.63, 3.8) is 0 Å². The molecule has 0 radical (unpaired) electrons. The first-order valence-electron chi connectivity index (χ1n) is 11.9. The summed E-state index contributed by atoms with van der Waals surface area (Å²) in [5.74, 6) is 2.58. The normalized spacial score (nSPS) is 11.9. The quantitative estimate of drug-likeness (QED) is 0.128. The van der Waals surface area contributed by atoms with Crippen LogP contribution in [0.25, 0.3) is 0 Å². The molecule has 1 amide bonds. The summed E-state index contributed by atoms with van der Waals surface area (Å²) in [5, 5.41) is 12.8. The van der Waals surface area contributed by atoms with Crippen molar-refractivity contribution < 1.29 is 19.0 Å². The molecule has 1 unspecified atom stereocenters. The molecule has 1 heterocycles. The van der Waals surface area contributed by atoms with Gasteiger partial charge in [0, 0.05) is 0 Å². The van der Waals surface area contributed by atoms with Gasteiger partial charge in [0.2, 0.25) is 0 Å². The molecular weight excluding hydrogens is 496 g/mol. The lowest BCUT2D eigenvalue weighted by Crippen LogP contribution is -2.19. The zero-order valence-electron chi connectivity index (χ0n) is 21.0. The van der Waals surface area contributed by atoms with Gasteiger partial charge in [-0.15, -0.1) is 10.2 Å². The molecule has 0 aliphatic carbocycles.